The Balaban J connectivity index is 1.51. The van der Waals surface area contributed by atoms with Gasteiger partial charge in [0.25, 0.3) is 0 Å². The van der Waals surface area contributed by atoms with Gasteiger partial charge in [0.1, 0.15) is 15.6 Å². The van der Waals surface area contributed by atoms with Gasteiger partial charge in [-0.05, 0) is 118 Å². The van der Waals surface area contributed by atoms with Crippen molar-refractivity contribution in [1.82, 2.24) is 4.90 Å². The fourth-order valence-corrected chi connectivity index (χ4v) is 7.52. The van der Waals surface area contributed by atoms with Gasteiger partial charge in [-0.2, -0.15) is 22.0 Å². The fraction of sp³-hybridized carbons (Fsp3) is 0.600. The highest BCUT2D eigenvalue weighted by Gasteiger charge is 2.56. The maximum absolute atomic E-state index is 13.1. The van der Waals surface area contributed by atoms with Crippen LogP contribution in [0, 0.1) is 0 Å². The van der Waals surface area contributed by atoms with E-state index >= 15 is 0 Å². The van der Waals surface area contributed by atoms with E-state index < -0.39 is 46.1 Å². The Labute approximate surface area is 270 Å². The number of benzene rings is 2. The molecule has 0 fully saturated rings. The molecule has 46 heavy (non-hydrogen) atoms. The van der Waals surface area contributed by atoms with Crippen LogP contribution in [0.15, 0.2) is 48.5 Å². The molecule has 2 aromatic carbocycles. The average Bonchev–Trinajstić information content (AvgIpc) is 3.12. The number of phenolic OH excluding ortho intramolecular Hbond substituents is 1. The molecule has 0 atom stereocenters. The summed E-state index contributed by atoms with van der Waals surface area (Å²) in [6.07, 6.45) is -0.293. The number of hydrogen-bond donors (Lipinski definition) is 2. The minimum absolute atomic E-state index is 0.194. The molecule has 0 spiro atoms. The van der Waals surface area contributed by atoms with Crippen molar-refractivity contribution in [3.63, 3.8) is 0 Å². The lowest BCUT2D eigenvalue weighted by Crippen LogP contribution is -2.40. The third kappa shape index (κ3) is 12.3. The minimum atomic E-state index is -5.69. The largest absolute Gasteiger partial charge is 0.508 e. The topological polar surface area (TPSA) is 77.8 Å². The second kappa shape index (κ2) is 16.6. The standard InChI is InChI=1S/C35H48F5NO4S/c1-33(2,43)26-41(22-12-24-46(44,45)23-11-20-34(36,37)35(38,39)40)21-9-4-3-8-16-32-30(27-13-6-5-7-14-27)17-10-15-28-25-29(42)18-19-31(28)32/h5-7,13-14,18-19,25,42-43H,3-4,8-12,15-17,20-24,26H2,1-2H3. The molecule has 2 aromatic rings. The maximum atomic E-state index is 13.1. The Bertz CT molecular complexity index is 1390. The zero-order chi connectivity index (χ0) is 34.0. The lowest BCUT2D eigenvalue weighted by molar-refractivity contribution is -0.284. The summed E-state index contributed by atoms with van der Waals surface area (Å²) in [6.45, 7) is 4.66. The Morgan fingerprint density at radius 1 is 0.826 bits per heavy atom. The van der Waals surface area contributed by atoms with Crippen molar-refractivity contribution in [3.05, 3.63) is 65.2 Å². The van der Waals surface area contributed by atoms with Gasteiger partial charge in [0.2, 0.25) is 0 Å². The molecular weight excluding hydrogens is 625 g/mol. The molecule has 0 bridgehead atoms. The van der Waals surface area contributed by atoms with Gasteiger partial charge in [-0.25, -0.2) is 8.42 Å². The van der Waals surface area contributed by atoms with Gasteiger partial charge in [-0.3, -0.25) is 0 Å². The number of phenols is 1. The number of aryl methyl sites for hydroxylation is 1. The number of unbranched alkanes of at least 4 members (excludes halogenated alkanes) is 3. The van der Waals surface area contributed by atoms with Crippen LogP contribution in [0.2, 0.25) is 0 Å². The lowest BCUT2D eigenvalue weighted by Gasteiger charge is -2.29. The zero-order valence-corrected chi connectivity index (χ0v) is 27.7. The van der Waals surface area contributed by atoms with Gasteiger partial charge in [-0.15, -0.1) is 0 Å². The van der Waals surface area contributed by atoms with Crippen molar-refractivity contribution < 1.29 is 40.6 Å². The molecule has 0 amide bonds. The summed E-state index contributed by atoms with van der Waals surface area (Å²) in [5.74, 6) is -5.67. The molecule has 1 aliphatic carbocycles. The van der Waals surface area contributed by atoms with Crippen LogP contribution >= 0.6 is 0 Å². The van der Waals surface area contributed by atoms with E-state index in [0.717, 1.165) is 51.4 Å². The van der Waals surface area contributed by atoms with Gasteiger partial charge in [-0.1, -0.05) is 49.2 Å². The smallest absolute Gasteiger partial charge is 0.453 e. The average molecular weight is 674 g/mol. The molecule has 5 nitrogen and oxygen atoms in total. The first-order chi connectivity index (χ1) is 21.5. The number of nitrogens with zero attached hydrogens (tertiary/aromatic N) is 1. The summed E-state index contributed by atoms with van der Waals surface area (Å²) in [5.41, 5.74) is 5.26. The molecule has 2 N–H and O–H groups in total. The van der Waals surface area contributed by atoms with E-state index in [2.05, 4.69) is 24.3 Å². The van der Waals surface area contributed by atoms with E-state index in [-0.39, 0.29) is 17.9 Å². The lowest BCUT2D eigenvalue weighted by atomic mass is 9.89. The third-order valence-corrected chi connectivity index (χ3v) is 10.1. The number of alkyl halides is 5. The summed E-state index contributed by atoms with van der Waals surface area (Å²) in [6, 6.07) is 16.1. The second-order valence-corrected chi connectivity index (χ2v) is 15.4. The van der Waals surface area contributed by atoms with Crippen LogP contribution in [-0.4, -0.2) is 72.4 Å². The van der Waals surface area contributed by atoms with E-state index in [1.165, 1.54) is 27.8 Å². The van der Waals surface area contributed by atoms with Crippen molar-refractivity contribution in [2.45, 2.75) is 102 Å². The normalized spacial score (nSPS) is 14.9. The molecule has 1 aliphatic rings. The molecule has 0 aliphatic heterocycles. The van der Waals surface area contributed by atoms with Gasteiger partial charge >= 0.3 is 12.1 Å². The maximum Gasteiger partial charge on any atom is 0.453 e. The predicted octanol–water partition coefficient (Wildman–Crippen LogP) is 8.45. The molecule has 11 heteroatoms. The number of aliphatic hydroxyl groups is 1. The number of sulfone groups is 1. The minimum Gasteiger partial charge on any atom is -0.508 e. The molecule has 0 heterocycles. The predicted molar refractivity (Wildman–Crippen MR) is 174 cm³/mol. The van der Waals surface area contributed by atoms with E-state index in [1.54, 1.807) is 19.9 Å². The second-order valence-electron chi connectivity index (χ2n) is 13.1. The van der Waals surface area contributed by atoms with Crippen LogP contribution in [0.25, 0.3) is 11.1 Å². The van der Waals surface area contributed by atoms with Gasteiger partial charge in [0, 0.05) is 13.0 Å². The van der Waals surface area contributed by atoms with E-state index in [1.807, 2.05) is 23.1 Å². The molecule has 0 radical (unpaired) electrons. The molecular formula is C35H48F5NO4S. The van der Waals surface area contributed by atoms with Crippen LogP contribution in [0.5, 0.6) is 5.75 Å². The van der Waals surface area contributed by atoms with Crippen molar-refractivity contribution in [2.24, 2.45) is 0 Å². The monoisotopic (exact) mass is 673 g/mol. The van der Waals surface area contributed by atoms with E-state index in [0.29, 0.717) is 19.6 Å². The van der Waals surface area contributed by atoms with Crippen LogP contribution in [0.1, 0.15) is 94.7 Å². The number of rotatable bonds is 18. The summed E-state index contributed by atoms with van der Waals surface area (Å²) in [7, 11) is -3.79. The summed E-state index contributed by atoms with van der Waals surface area (Å²) in [4.78, 5) is 1.98. The number of hydrogen-bond acceptors (Lipinski definition) is 5. The Kier molecular flexibility index (Phi) is 13.7. The summed E-state index contributed by atoms with van der Waals surface area (Å²) in [5, 5.41) is 20.5. The number of halogens is 5. The van der Waals surface area contributed by atoms with Crippen LogP contribution in [0.3, 0.4) is 0 Å². The van der Waals surface area contributed by atoms with Crippen molar-refractivity contribution in [1.29, 1.82) is 0 Å². The van der Waals surface area contributed by atoms with E-state index in [4.69, 9.17) is 0 Å². The van der Waals surface area contributed by atoms with Gasteiger partial charge in [0.05, 0.1) is 17.1 Å². The SMILES string of the molecule is CC(C)(O)CN(CCCCCCC1=C(c2ccccc2)CCCc2cc(O)ccc21)CCCS(=O)(=O)CCCC(F)(F)C(F)(F)F. The van der Waals surface area contributed by atoms with Crippen molar-refractivity contribution in [2.75, 3.05) is 31.1 Å². The Morgan fingerprint density at radius 3 is 2.15 bits per heavy atom. The molecule has 0 unspecified atom stereocenters. The molecule has 0 aromatic heterocycles. The molecule has 0 saturated carbocycles. The highest BCUT2D eigenvalue weighted by atomic mass is 32.2. The highest BCUT2D eigenvalue weighted by molar-refractivity contribution is 7.91. The summed E-state index contributed by atoms with van der Waals surface area (Å²) < 4.78 is 88.0. The van der Waals surface area contributed by atoms with Gasteiger partial charge < -0.3 is 15.1 Å². The zero-order valence-electron chi connectivity index (χ0n) is 26.9. The molecule has 0 saturated heterocycles. The van der Waals surface area contributed by atoms with Crippen molar-refractivity contribution in [3.8, 4) is 5.75 Å². The first kappa shape index (κ1) is 38.0. The van der Waals surface area contributed by atoms with E-state index in [9.17, 15) is 40.6 Å². The quantitative estimate of drug-likeness (QED) is 0.123. The summed E-state index contributed by atoms with van der Waals surface area (Å²) >= 11 is 0. The van der Waals surface area contributed by atoms with Crippen LogP contribution < -0.4 is 0 Å². The first-order valence-electron chi connectivity index (χ1n) is 16.2. The van der Waals surface area contributed by atoms with Crippen LogP contribution in [0.4, 0.5) is 22.0 Å². The van der Waals surface area contributed by atoms with Crippen LogP contribution in [-0.2, 0) is 16.3 Å². The first-order valence-corrected chi connectivity index (χ1v) is 18.0. The molecule has 3 rings (SSSR count). The molecule has 258 valence electrons. The number of allylic oxidation sites excluding steroid dienone is 2. The number of aromatic hydroxyl groups is 1. The Morgan fingerprint density at radius 2 is 1.48 bits per heavy atom. The van der Waals surface area contributed by atoms with Gasteiger partial charge in [0.15, 0.2) is 0 Å². The third-order valence-electron chi connectivity index (χ3n) is 8.33. The number of fused-ring (bicyclic) bond motifs is 1. The fourth-order valence-electron chi connectivity index (χ4n) is 6.17. The Hall–Kier alpha value is -2.50. The highest BCUT2D eigenvalue weighted by Crippen LogP contribution is 2.40. The van der Waals surface area contributed by atoms with Crippen molar-refractivity contribution >= 4 is 21.0 Å².